The average molecular weight is 381 g/mol. The molecule has 1 aliphatic rings. The second-order valence-electron chi connectivity index (χ2n) is 6.78. The van der Waals surface area contributed by atoms with E-state index in [-0.39, 0.29) is 11.8 Å². The Morgan fingerprint density at radius 2 is 2.00 bits per heavy atom. The number of amides is 1. The Hall–Kier alpha value is -2.35. The third-order valence-electron chi connectivity index (χ3n) is 4.83. The number of nitrogens with one attached hydrogen (secondary N) is 1. The molecular weight excluding hydrogens is 359 g/mol. The SMILES string of the molecule is CC(NC(=O)c1cc(C2CCOCC2)nn1C)c1cccc(C(F)(F)F)c1. The van der Waals surface area contributed by atoms with Gasteiger partial charge in [-0.15, -0.1) is 0 Å². The number of benzene rings is 1. The molecule has 1 unspecified atom stereocenters. The van der Waals surface area contributed by atoms with Crippen LogP contribution in [0.4, 0.5) is 13.2 Å². The lowest BCUT2D eigenvalue weighted by Gasteiger charge is -2.19. The molecule has 8 heteroatoms. The Kier molecular flexibility index (Phi) is 5.55. The van der Waals surface area contributed by atoms with Crippen molar-refractivity contribution in [2.75, 3.05) is 13.2 Å². The van der Waals surface area contributed by atoms with Gasteiger partial charge in [-0.25, -0.2) is 0 Å². The van der Waals surface area contributed by atoms with Gasteiger partial charge in [-0.3, -0.25) is 9.48 Å². The van der Waals surface area contributed by atoms with Crippen molar-refractivity contribution in [3.8, 4) is 0 Å². The van der Waals surface area contributed by atoms with Crippen LogP contribution in [0, 0.1) is 0 Å². The van der Waals surface area contributed by atoms with Crippen molar-refractivity contribution >= 4 is 5.91 Å². The summed E-state index contributed by atoms with van der Waals surface area (Å²) in [7, 11) is 1.69. The molecule has 2 heterocycles. The summed E-state index contributed by atoms with van der Waals surface area (Å²) in [6, 6.07) is 6.16. The van der Waals surface area contributed by atoms with E-state index in [9.17, 15) is 18.0 Å². The number of alkyl halides is 3. The van der Waals surface area contributed by atoms with Gasteiger partial charge < -0.3 is 10.1 Å². The van der Waals surface area contributed by atoms with Crippen molar-refractivity contribution in [2.24, 2.45) is 7.05 Å². The third-order valence-corrected chi connectivity index (χ3v) is 4.83. The molecule has 5 nitrogen and oxygen atoms in total. The van der Waals surface area contributed by atoms with E-state index in [1.54, 1.807) is 26.1 Å². The van der Waals surface area contributed by atoms with Gasteiger partial charge in [0.05, 0.1) is 17.3 Å². The highest BCUT2D eigenvalue weighted by molar-refractivity contribution is 5.93. The molecule has 1 amide bonds. The Morgan fingerprint density at radius 1 is 1.30 bits per heavy atom. The van der Waals surface area contributed by atoms with Crippen molar-refractivity contribution in [3.05, 3.63) is 52.8 Å². The summed E-state index contributed by atoms with van der Waals surface area (Å²) in [4.78, 5) is 12.6. The number of carbonyl (C=O) groups is 1. The molecule has 1 saturated heterocycles. The molecule has 1 aromatic heterocycles. The van der Waals surface area contributed by atoms with E-state index in [4.69, 9.17) is 4.74 Å². The molecule has 0 aliphatic carbocycles. The number of rotatable bonds is 4. The van der Waals surface area contributed by atoms with Crippen LogP contribution in [0.15, 0.2) is 30.3 Å². The van der Waals surface area contributed by atoms with Crippen LogP contribution in [0.2, 0.25) is 0 Å². The fourth-order valence-electron chi connectivity index (χ4n) is 3.23. The van der Waals surface area contributed by atoms with Gasteiger partial charge in [-0.2, -0.15) is 18.3 Å². The first-order valence-electron chi connectivity index (χ1n) is 8.85. The van der Waals surface area contributed by atoms with Crippen molar-refractivity contribution < 1.29 is 22.7 Å². The molecule has 146 valence electrons. The molecule has 1 aliphatic heterocycles. The highest BCUT2D eigenvalue weighted by Gasteiger charge is 2.31. The number of aryl methyl sites for hydroxylation is 1. The zero-order chi connectivity index (χ0) is 19.6. The molecule has 3 rings (SSSR count). The minimum atomic E-state index is -4.42. The highest BCUT2D eigenvalue weighted by atomic mass is 19.4. The molecule has 1 aromatic carbocycles. The first kappa shape index (κ1) is 19.4. The first-order valence-corrected chi connectivity index (χ1v) is 8.85. The minimum Gasteiger partial charge on any atom is -0.381 e. The maximum atomic E-state index is 12.9. The molecule has 1 N–H and O–H groups in total. The van der Waals surface area contributed by atoms with E-state index in [0.29, 0.717) is 24.5 Å². The van der Waals surface area contributed by atoms with E-state index in [0.717, 1.165) is 30.7 Å². The van der Waals surface area contributed by atoms with Gasteiger partial charge in [-0.05, 0) is 43.5 Å². The predicted octanol–water partition coefficient (Wildman–Crippen LogP) is 3.82. The van der Waals surface area contributed by atoms with Gasteiger partial charge in [0.25, 0.3) is 5.91 Å². The van der Waals surface area contributed by atoms with Crippen molar-refractivity contribution in [1.29, 1.82) is 0 Å². The van der Waals surface area contributed by atoms with E-state index < -0.39 is 17.8 Å². The summed E-state index contributed by atoms with van der Waals surface area (Å²) in [5.41, 5.74) is 0.890. The number of ether oxygens (including phenoxy) is 1. The zero-order valence-corrected chi connectivity index (χ0v) is 15.2. The maximum absolute atomic E-state index is 12.9. The van der Waals surface area contributed by atoms with Gasteiger partial charge in [0.1, 0.15) is 5.69 Å². The van der Waals surface area contributed by atoms with Crippen molar-refractivity contribution in [2.45, 2.75) is 37.9 Å². The Balaban J connectivity index is 1.72. The van der Waals surface area contributed by atoms with Crippen LogP contribution in [-0.2, 0) is 18.0 Å². The third kappa shape index (κ3) is 4.50. The van der Waals surface area contributed by atoms with Crippen LogP contribution in [0.1, 0.15) is 59.0 Å². The lowest BCUT2D eigenvalue weighted by molar-refractivity contribution is -0.137. The molecule has 0 spiro atoms. The molecule has 0 radical (unpaired) electrons. The van der Waals surface area contributed by atoms with Gasteiger partial charge in [0.15, 0.2) is 0 Å². The lowest BCUT2D eigenvalue weighted by Crippen LogP contribution is -2.28. The van der Waals surface area contributed by atoms with Crippen LogP contribution in [0.25, 0.3) is 0 Å². The normalized spacial score (nSPS) is 16.9. The largest absolute Gasteiger partial charge is 0.416 e. The Bertz CT molecular complexity index is 811. The van der Waals surface area contributed by atoms with Crippen LogP contribution < -0.4 is 5.32 Å². The van der Waals surface area contributed by atoms with E-state index in [1.807, 2.05) is 0 Å². The Morgan fingerprint density at radius 3 is 2.67 bits per heavy atom. The topological polar surface area (TPSA) is 56.1 Å². The smallest absolute Gasteiger partial charge is 0.381 e. The quantitative estimate of drug-likeness (QED) is 0.876. The molecule has 0 bridgehead atoms. The number of carbonyl (C=O) groups excluding carboxylic acids is 1. The van der Waals surface area contributed by atoms with E-state index >= 15 is 0 Å². The summed E-state index contributed by atoms with van der Waals surface area (Å²) < 4.78 is 45.5. The lowest BCUT2D eigenvalue weighted by atomic mass is 9.96. The summed E-state index contributed by atoms with van der Waals surface area (Å²) in [6.07, 6.45) is -2.70. The molecule has 2 aromatic rings. The fourth-order valence-corrected chi connectivity index (χ4v) is 3.23. The van der Waals surface area contributed by atoms with E-state index in [1.165, 1.54) is 10.7 Å². The van der Waals surface area contributed by atoms with Crippen LogP contribution in [0.5, 0.6) is 0 Å². The maximum Gasteiger partial charge on any atom is 0.416 e. The number of halogens is 3. The first-order chi connectivity index (χ1) is 12.8. The number of hydrogen-bond acceptors (Lipinski definition) is 3. The standard InChI is InChI=1S/C19H22F3N3O2/c1-12(14-4-3-5-15(10-14)19(20,21)22)23-18(26)17-11-16(24-25(17)2)13-6-8-27-9-7-13/h3-5,10-13H,6-9H2,1-2H3,(H,23,26). The fraction of sp³-hybridized carbons (Fsp3) is 0.474. The molecule has 27 heavy (non-hydrogen) atoms. The van der Waals surface area contributed by atoms with Crippen molar-refractivity contribution in [1.82, 2.24) is 15.1 Å². The minimum absolute atomic E-state index is 0.257. The average Bonchev–Trinajstić information content (AvgIpc) is 3.04. The van der Waals surface area contributed by atoms with Gasteiger partial charge in [0.2, 0.25) is 0 Å². The van der Waals surface area contributed by atoms with Gasteiger partial charge >= 0.3 is 6.18 Å². The number of aromatic nitrogens is 2. The molecule has 1 atom stereocenters. The second-order valence-corrected chi connectivity index (χ2v) is 6.78. The second kappa shape index (κ2) is 7.72. The van der Waals surface area contributed by atoms with Gasteiger partial charge in [-0.1, -0.05) is 12.1 Å². The monoisotopic (exact) mass is 381 g/mol. The summed E-state index contributed by atoms with van der Waals surface area (Å²) in [5.74, 6) is -0.111. The van der Waals surface area contributed by atoms with Crippen molar-refractivity contribution in [3.63, 3.8) is 0 Å². The Labute approximate surface area is 155 Å². The molecular formula is C19H22F3N3O2. The van der Waals surface area contributed by atoms with Crippen LogP contribution in [0.3, 0.4) is 0 Å². The number of hydrogen-bond donors (Lipinski definition) is 1. The summed E-state index contributed by atoms with van der Waals surface area (Å²) >= 11 is 0. The van der Waals surface area contributed by atoms with Crippen LogP contribution >= 0.6 is 0 Å². The van der Waals surface area contributed by atoms with E-state index in [2.05, 4.69) is 10.4 Å². The highest BCUT2D eigenvalue weighted by Crippen LogP contribution is 2.31. The van der Waals surface area contributed by atoms with Gasteiger partial charge in [0, 0.05) is 26.2 Å². The summed E-state index contributed by atoms with van der Waals surface area (Å²) in [6.45, 7) is 3.01. The molecule has 0 saturated carbocycles. The zero-order valence-electron chi connectivity index (χ0n) is 15.2. The van der Waals surface area contributed by atoms with Crippen LogP contribution in [-0.4, -0.2) is 28.9 Å². The summed E-state index contributed by atoms with van der Waals surface area (Å²) in [5, 5.41) is 7.19. The predicted molar refractivity (Wildman–Crippen MR) is 93.3 cm³/mol. The molecule has 1 fully saturated rings. The number of nitrogens with zero attached hydrogens (tertiary/aromatic N) is 2.